The number of hydrogen-bond acceptors (Lipinski definition) is 6. The largest absolute Gasteiger partial charge is 0.378 e. The molecule has 33 heavy (non-hydrogen) atoms. The van der Waals surface area contributed by atoms with Gasteiger partial charge in [-0.2, -0.15) is 0 Å². The molecule has 1 saturated heterocycles. The van der Waals surface area contributed by atoms with E-state index in [0.29, 0.717) is 56.6 Å². The van der Waals surface area contributed by atoms with Crippen molar-refractivity contribution >= 4 is 34.6 Å². The molecule has 6 rings (SSSR count). The SMILES string of the molecule is O=C(CCc1cc2c(s1)-n1c(nnc1C1CC1)CN=C2c1ccccc1Cl)N1CCOCC1. The normalized spacial score (nSPS) is 17.8. The van der Waals surface area contributed by atoms with Gasteiger partial charge in [0.1, 0.15) is 17.4 Å². The summed E-state index contributed by atoms with van der Waals surface area (Å²) in [6, 6.07) is 10.0. The van der Waals surface area contributed by atoms with Gasteiger partial charge in [-0.15, -0.1) is 21.5 Å². The topological polar surface area (TPSA) is 72.6 Å². The molecule has 2 aliphatic heterocycles. The molecular formula is C24H24ClN5O2S. The molecule has 2 aromatic heterocycles. The van der Waals surface area contributed by atoms with Gasteiger partial charge in [-0.25, -0.2) is 0 Å². The lowest BCUT2D eigenvalue weighted by molar-refractivity contribution is -0.135. The molecule has 0 bridgehead atoms. The summed E-state index contributed by atoms with van der Waals surface area (Å²) in [4.78, 5) is 20.7. The summed E-state index contributed by atoms with van der Waals surface area (Å²) in [6.07, 6.45) is 3.48. The van der Waals surface area contributed by atoms with Crippen molar-refractivity contribution in [2.75, 3.05) is 26.3 Å². The fourth-order valence-corrected chi connectivity index (χ4v) is 5.88. The van der Waals surface area contributed by atoms with Crippen LogP contribution in [0.25, 0.3) is 5.00 Å². The highest BCUT2D eigenvalue weighted by atomic mass is 35.5. The molecule has 2 fully saturated rings. The summed E-state index contributed by atoms with van der Waals surface area (Å²) in [7, 11) is 0. The zero-order valence-electron chi connectivity index (χ0n) is 18.2. The molecule has 0 N–H and O–H groups in total. The number of rotatable bonds is 5. The molecule has 9 heteroatoms. The zero-order chi connectivity index (χ0) is 22.4. The fraction of sp³-hybridized carbons (Fsp3) is 0.417. The molecule has 1 aromatic carbocycles. The lowest BCUT2D eigenvalue weighted by atomic mass is 10.0. The van der Waals surface area contributed by atoms with Crippen LogP contribution in [0.5, 0.6) is 0 Å². The van der Waals surface area contributed by atoms with E-state index < -0.39 is 0 Å². The second kappa shape index (κ2) is 8.66. The first-order chi connectivity index (χ1) is 16.2. The molecule has 3 aromatic rings. The van der Waals surface area contributed by atoms with Gasteiger partial charge in [-0.1, -0.05) is 29.8 Å². The van der Waals surface area contributed by atoms with E-state index in [2.05, 4.69) is 20.8 Å². The Labute approximate surface area is 201 Å². The molecule has 1 saturated carbocycles. The summed E-state index contributed by atoms with van der Waals surface area (Å²) in [6.45, 7) is 3.07. The van der Waals surface area contributed by atoms with Crippen LogP contribution in [0.2, 0.25) is 5.02 Å². The van der Waals surface area contributed by atoms with Crippen LogP contribution in [-0.2, 0) is 22.5 Å². The van der Waals surface area contributed by atoms with Crippen LogP contribution in [0.15, 0.2) is 35.3 Å². The quantitative estimate of drug-likeness (QED) is 0.552. The van der Waals surface area contributed by atoms with Crippen molar-refractivity contribution in [2.45, 2.75) is 38.1 Å². The first kappa shape index (κ1) is 21.0. The summed E-state index contributed by atoms with van der Waals surface area (Å²) in [5.74, 6) is 2.54. The van der Waals surface area contributed by atoms with Crippen LogP contribution in [-0.4, -0.2) is 57.6 Å². The van der Waals surface area contributed by atoms with Crippen molar-refractivity contribution in [3.05, 3.63) is 63.0 Å². The summed E-state index contributed by atoms with van der Waals surface area (Å²) in [5.41, 5.74) is 2.84. The molecular weight excluding hydrogens is 458 g/mol. The Morgan fingerprint density at radius 2 is 1.97 bits per heavy atom. The van der Waals surface area contributed by atoms with Crippen molar-refractivity contribution in [3.8, 4) is 5.00 Å². The van der Waals surface area contributed by atoms with Gasteiger partial charge in [0, 0.05) is 46.5 Å². The van der Waals surface area contributed by atoms with Crippen molar-refractivity contribution in [2.24, 2.45) is 4.99 Å². The van der Waals surface area contributed by atoms with Crippen molar-refractivity contribution in [1.82, 2.24) is 19.7 Å². The summed E-state index contributed by atoms with van der Waals surface area (Å²) in [5, 5.41) is 10.8. The van der Waals surface area contributed by atoms with Gasteiger partial charge >= 0.3 is 0 Å². The van der Waals surface area contributed by atoms with Gasteiger partial charge in [-0.3, -0.25) is 14.4 Å². The van der Waals surface area contributed by atoms with Crippen LogP contribution in [0, 0.1) is 0 Å². The number of aliphatic imine (C=N–C) groups is 1. The minimum absolute atomic E-state index is 0.186. The molecule has 0 spiro atoms. The lowest BCUT2D eigenvalue weighted by Gasteiger charge is -2.26. The summed E-state index contributed by atoms with van der Waals surface area (Å²) >= 11 is 8.29. The molecule has 0 unspecified atom stereocenters. The summed E-state index contributed by atoms with van der Waals surface area (Å²) < 4.78 is 7.58. The number of carbonyl (C=O) groups excluding carboxylic acids is 1. The van der Waals surface area contributed by atoms with Crippen molar-refractivity contribution < 1.29 is 9.53 Å². The standard InChI is InChI=1S/C24H24ClN5O2S/c25-19-4-2-1-3-17(19)22-18-13-16(7-8-21(31)29-9-11-32-12-10-29)33-24(18)30-20(14-26-22)27-28-23(30)15-5-6-15/h1-4,13,15H,5-12,14H2. The van der Waals surface area contributed by atoms with Crippen LogP contribution < -0.4 is 0 Å². The molecule has 0 radical (unpaired) electrons. The van der Waals surface area contributed by atoms with Crippen LogP contribution >= 0.6 is 22.9 Å². The average molecular weight is 482 g/mol. The van der Waals surface area contributed by atoms with Crippen LogP contribution in [0.3, 0.4) is 0 Å². The highest BCUT2D eigenvalue weighted by molar-refractivity contribution is 7.15. The number of ether oxygens (including phenoxy) is 1. The Balaban J connectivity index is 1.37. The van der Waals surface area contributed by atoms with Gasteiger partial charge in [0.25, 0.3) is 0 Å². The van der Waals surface area contributed by atoms with E-state index in [0.717, 1.165) is 51.2 Å². The molecule has 1 aliphatic carbocycles. The third kappa shape index (κ3) is 4.00. The number of nitrogens with zero attached hydrogens (tertiary/aromatic N) is 5. The van der Waals surface area contributed by atoms with E-state index in [1.165, 1.54) is 0 Å². The number of fused-ring (bicyclic) bond motifs is 3. The Bertz CT molecular complexity index is 1240. The first-order valence-electron chi connectivity index (χ1n) is 11.4. The highest BCUT2D eigenvalue weighted by Gasteiger charge is 2.34. The Kier molecular flexibility index (Phi) is 5.52. The maximum atomic E-state index is 12.7. The molecule has 1 amide bonds. The fourth-order valence-electron chi connectivity index (χ4n) is 4.47. The van der Waals surface area contributed by atoms with E-state index in [4.69, 9.17) is 21.3 Å². The predicted molar refractivity (Wildman–Crippen MR) is 128 cm³/mol. The number of benzene rings is 1. The Morgan fingerprint density at radius 3 is 2.76 bits per heavy atom. The number of halogens is 1. The van der Waals surface area contributed by atoms with Crippen molar-refractivity contribution in [3.63, 3.8) is 0 Å². The van der Waals surface area contributed by atoms with Gasteiger partial charge in [0.2, 0.25) is 5.91 Å². The number of thiophene rings is 1. The van der Waals surface area contributed by atoms with Crippen LogP contribution in [0.4, 0.5) is 0 Å². The number of amides is 1. The zero-order valence-corrected chi connectivity index (χ0v) is 19.7. The van der Waals surface area contributed by atoms with Crippen LogP contribution in [0.1, 0.15) is 52.8 Å². The molecule has 0 atom stereocenters. The van der Waals surface area contributed by atoms with Gasteiger partial charge in [0.15, 0.2) is 5.82 Å². The first-order valence-corrected chi connectivity index (χ1v) is 12.6. The smallest absolute Gasteiger partial charge is 0.223 e. The van der Waals surface area contributed by atoms with Crippen molar-refractivity contribution in [1.29, 1.82) is 0 Å². The number of hydrogen-bond donors (Lipinski definition) is 0. The highest BCUT2D eigenvalue weighted by Crippen LogP contribution is 2.43. The predicted octanol–water partition coefficient (Wildman–Crippen LogP) is 4.00. The molecule has 7 nitrogen and oxygen atoms in total. The van der Waals surface area contributed by atoms with E-state index in [1.807, 2.05) is 29.2 Å². The lowest BCUT2D eigenvalue weighted by Crippen LogP contribution is -2.40. The van der Waals surface area contributed by atoms with E-state index >= 15 is 0 Å². The third-order valence-corrected chi connectivity index (χ3v) is 7.89. The van der Waals surface area contributed by atoms with E-state index in [-0.39, 0.29) is 5.91 Å². The van der Waals surface area contributed by atoms with E-state index in [1.54, 1.807) is 11.3 Å². The second-order valence-corrected chi connectivity index (χ2v) is 10.2. The third-order valence-electron chi connectivity index (χ3n) is 6.38. The Hall–Kier alpha value is -2.55. The van der Waals surface area contributed by atoms with Gasteiger partial charge < -0.3 is 9.64 Å². The van der Waals surface area contributed by atoms with Gasteiger partial charge in [0.05, 0.1) is 18.9 Å². The Morgan fingerprint density at radius 1 is 1.15 bits per heavy atom. The minimum atomic E-state index is 0.186. The number of aromatic nitrogens is 3. The molecule has 3 aliphatic rings. The minimum Gasteiger partial charge on any atom is -0.378 e. The van der Waals surface area contributed by atoms with Gasteiger partial charge in [-0.05, 0) is 31.4 Å². The molecule has 170 valence electrons. The molecule has 4 heterocycles. The maximum Gasteiger partial charge on any atom is 0.223 e. The average Bonchev–Trinajstić information content (AvgIpc) is 3.51. The number of morpholine rings is 1. The van der Waals surface area contributed by atoms with E-state index in [9.17, 15) is 4.79 Å². The maximum absolute atomic E-state index is 12.7. The second-order valence-electron chi connectivity index (χ2n) is 8.65. The monoisotopic (exact) mass is 481 g/mol. The number of aryl methyl sites for hydroxylation is 1. The number of carbonyl (C=O) groups is 1.